The fourth-order valence-electron chi connectivity index (χ4n) is 4.87. The van der Waals surface area contributed by atoms with Crippen molar-refractivity contribution >= 4 is 11.8 Å². The topological polar surface area (TPSA) is 70.1 Å². The van der Waals surface area contributed by atoms with Crippen molar-refractivity contribution in [2.75, 3.05) is 39.4 Å². The number of carbonyl (C=O) groups is 2. The van der Waals surface area contributed by atoms with E-state index in [1.165, 1.54) is 0 Å². The van der Waals surface area contributed by atoms with Crippen LogP contribution in [0.25, 0.3) is 0 Å². The number of benzene rings is 2. The van der Waals surface area contributed by atoms with Gasteiger partial charge in [-0.05, 0) is 62.3 Å². The molecule has 1 N–H and O–H groups in total. The molecular weight excluding hydrogens is 416 g/mol. The quantitative estimate of drug-likeness (QED) is 0.753. The molecule has 3 aliphatic rings. The van der Waals surface area contributed by atoms with E-state index < -0.39 is 0 Å². The van der Waals surface area contributed by atoms with Crippen molar-refractivity contribution in [2.45, 2.75) is 39.0 Å². The molecule has 3 aliphatic heterocycles. The van der Waals surface area contributed by atoms with E-state index in [0.29, 0.717) is 49.7 Å². The number of hydrogen-bond donors (Lipinski definition) is 1. The summed E-state index contributed by atoms with van der Waals surface area (Å²) in [5, 5.41) is 10.2. The summed E-state index contributed by atoms with van der Waals surface area (Å²) < 4.78 is 6.03. The molecule has 0 spiro atoms. The van der Waals surface area contributed by atoms with Crippen molar-refractivity contribution in [1.82, 2.24) is 9.80 Å². The highest BCUT2D eigenvalue weighted by Crippen LogP contribution is 2.37. The maximum Gasteiger partial charge on any atom is 0.257 e. The lowest BCUT2D eigenvalue weighted by atomic mass is 9.75. The van der Waals surface area contributed by atoms with Crippen LogP contribution in [0.5, 0.6) is 5.75 Å². The number of aliphatic hydroxyl groups excluding tert-OH is 1. The molecule has 3 heterocycles. The monoisotopic (exact) mass is 450 g/mol. The van der Waals surface area contributed by atoms with E-state index in [9.17, 15) is 14.7 Å². The van der Waals surface area contributed by atoms with Gasteiger partial charge in [-0.15, -0.1) is 0 Å². The molecule has 176 valence electrons. The molecular formula is C27H34N2O4. The van der Waals surface area contributed by atoms with Crippen LogP contribution in [0.15, 0.2) is 48.5 Å². The highest BCUT2D eigenvalue weighted by molar-refractivity contribution is 5.97. The Balaban J connectivity index is 1.57. The van der Waals surface area contributed by atoms with E-state index in [2.05, 4.69) is 0 Å². The van der Waals surface area contributed by atoms with Gasteiger partial charge in [-0.25, -0.2) is 0 Å². The first-order valence-electron chi connectivity index (χ1n) is 12.0. The number of aliphatic hydroxyl groups is 1. The molecule has 6 nitrogen and oxygen atoms in total. The average molecular weight is 451 g/mol. The molecule has 2 aromatic rings. The van der Waals surface area contributed by atoms with Crippen LogP contribution in [0.1, 0.15) is 58.4 Å². The van der Waals surface area contributed by atoms with Crippen molar-refractivity contribution in [1.29, 1.82) is 0 Å². The Hall–Kier alpha value is -2.86. The number of rotatable bonds is 2. The summed E-state index contributed by atoms with van der Waals surface area (Å²) in [4.78, 5) is 30.2. The zero-order valence-electron chi connectivity index (χ0n) is 19.5. The van der Waals surface area contributed by atoms with Crippen LogP contribution in [0.2, 0.25) is 0 Å². The molecule has 0 saturated carbocycles. The molecule has 1 fully saturated rings. The fraction of sp³-hybridized carbons (Fsp3) is 0.481. The lowest BCUT2D eigenvalue weighted by molar-refractivity contribution is 0.0297. The Kier molecular flexibility index (Phi) is 7.33. The molecule has 2 bridgehead atoms. The number of fused-ring (bicyclic) bond motifs is 9. The van der Waals surface area contributed by atoms with Crippen molar-refractivity contribution in [3.63, 3.8) is 0 Å². The third kappa shape index (κ3) is 5.38. The van der Waals surface area contributed by atoms with Gasteiger partial charge in [0.05, 0.1) is 12.1 Å². The minimum absolute atomic E-state index is 0.00353. The SMILES string of the molecule is Cc1ccc(C(=O)N2CCCCC3(CO)CCN(CC3)C(=O)c3ccccc3OCC2)cc1. The fourth-order valence-corrected chi connectivity index (χ4v) is 4.87. The summed E-state index contributed by atoms with van der Waals surface area (Å²) in [6.45, 7) is 4.85. The van der Waals surface area contributed by atoms with E-state index in [-0.39, 0.29) is 23.8 Å². The van der Waals surface area contributed by atoms with Crippen molar-refractivity contribution in [2.24, 2.45) is 5.41 Å². The van der Waals surface area contributed by atoms with Gasteiger partial charge in [0.1, 0.15) is 12.4 Å². The minimum Gasteiger partial charge on any atom is -0.491 e. The second-order valence-corrected chi connectivity index (χ2v) is 9.41. The van der Waals surface area contributed by atoms with E-state index in [0.717, 1.165) is 37.7 Å². The van der Waals surface area contributed by atoms with Crippen molar-refractivity contribution in [3.05, 3.63) is 65.2 Å². The Bertz CT molecular complexity index is 964. The number of ether oxygens (including phenoxy) is 1. The summed E-state index contributed by atoms with van der Waals surface area (Å²) >= 11 is 0. The summed E-state index contributed by atoms with van der Waals surface area (Å²) in [7, 11) is 0. The number of hydrogen-bond acceptors (Lipinski definition) is 4. The van der Waals surface area contributed by atoms with Crippen LogP contribution in [0.4, 0.5) is 0 Å². The first kappa shape index (κ1) is 23.3. The van der Waals surface area contributed by atoms with Crippen molar-refractivity contribution < 1.29 is 19.4 Å². The van der Waals surface area contributed by atoms with E-state index in [1.54, 1.807) is 6.07 Å². The third-order valence-corrected chi connectivity index (χ3v) is 7.15. The first-order valence-corrected chi connectivity index (χ1v) is 12.0. The molecule has 2 aromatic carbocycles. The van der Waals surface area contributed by atoms with Gasteiger partial charge in [0.25, 0.3) is 11.8 Å². The van der Waals surface area contributed by atoms with Gasteiger partial charge in [0.15, 0.2) is 0 Å². The second-order valence-electron chi connectivity index (χ2n) is 9.41. The van der Waals surface area contributed by atoms with Crippen LogP contribution in [-0.2, 0) is 0 Å². The van der Waals surface area contributed by atoms with Gasteiger partial charge in [0.2, 0.25) is 0 Å². The summed E-state index contributed by atoms with van der Waals surface area (Å²) in [6, 6.07) is 15.0. The Morgan fingerprint density at radius 3 is 2.42 bits per heavy atom. The molecule has 6 heteroatoms. The minimum atomic E-state index is -0.140. The maximum atomic E-state index is 13.2. The number of para-hydroxylation sites is 1. The predicted molar refractivity (Wildman–Crippen MR) is 128 cm³/mol. The number of amides is 2. The van der Waals surface area contributed by atoms with Gasteiger partial charge >= 0.3 is 0 Å². The van der Waals surface area contributed by atoms with Crippen LogP contribution in [-0.4, -0.2) is 66.1 Å². The van der Waals surface area contributed by atoms with Crippen LogP contribution >= 0.6 is 0 Å². The van der Waals surface area contributed by atoms with E-state index in [1.807, 2.05) is 59.2 Å². The number of nitrogens with zero attached hydrogens (tertiary/aromatic N) is 2. The molecule has 2 amide bonds. The Morgan fingerprint density at radius 1 is 0.970 bits per heavy atom. The largest absolute Gasteiger partial charge is 0.491 e. The van der Waals surface area contributed by atoms with Crippen LogP contribution < -0.4 is 4.74 Å². The molecule has 1 saturated heterocycles. The van der Waals surface area contributed by atoms with Gasteiger partial charge in [-0.1, -0.05) is 36.2 Å². The van der Waals surface area contributed by atoms with Gasteiger partial charge < -0.3 is 19.6 Å². The Labute approximate surface area is 196 Å². The second kappa shape index (κ2) is 10.4. The number of aryl methyl sites for hydroxylation is 1. The molecule has 0 aromatic heterocycles. The van der Waals surface area contributed by atoms with E-state index >= 15 is 0 Å². The third-order valence-electron chi connectivity index (χ3n) is 7.15. The van der Waals surface area contributed by atoms with Crippen LogP contribution in [0.3, 0.4) is 0 Å². The summed E-state index contributed by atoms with van der Waals surface area (Å²) in [6.07, 6.45) is 4.31. The lowest BCUT2D eigenvalue weighted by Gasteiger charge is -2.41. The molecule has 0 atom stereocenters. The number of piperidine rings is 1. The molecule has 5 rings (SSSR count). The van der Waals surface area contributed by atoms with Crippen molar-refractivity contribution in [3.8, 4) is 5.75 Å². The van der Waals surface area contributed by atoms with Gasteiger partial charge in [-0.2, -0.15) is 0 Å². The van der Waals surface area contributed by atoms with Gasteiger partial charge in [0, 0.05) is 31.8 Å². The molecule has 33 heavy (non-hydrogen) atoms. The normalized spacial score (nSPS) is 19.3. The van der Waals surface area contributed by atoms with Gasteiger partial charge in [-0.3, -0.25) is 9.59 Å². The highest BCUT2D eigenvalue weighted by atomic mass is 16.5. The predicted octanol–water partition coefficient (Wildman–Crippen LogP) is 3.91. The highest BCUT2D eigenvalue weighted by Gasteiger charge is 2.36. The number of carbonyl (C=O) groups excluding carboxylic acids is 2. The van der Waals surface area contributed by atoms with E-state index in [4.69, 9.17) is 4.74 Å². The summed E-state index contributed by atoms with van der Waals surface area (Å²) in [5.74, 6) is 0.523. The average Bonchev–Trinajstić information content (AvgIpc) is 2.86. The molecule has 0 radical (unpaired) electrons. The first-order chi connectivity index (χ1) is 16.0. The van der Waals surface area contributed by atoms with Crippen LogP contribution in [0, 0.1) is 12.3 Å². The lowest BCUT2D eigenvalue weighted by Crippen LogP contribution is -2.44. The smallest absolute Gasteiger partial charge is 0.257 e. The standard InChI is InChI=1S/C27H34N2O4/c1-21-8-10-22(11-9-21)25(31)28-15-5-4-12-27(20-30)13-16-29(17-14-27)26(32)23-6-2-3-7-24(23)33-19-18-28/h2-3,6-11,30H,4-5,12-20H2,1H3. The zero-order valence-corrected chi connectivity index (χ0v) is 19.5. The summed E-state index contributed by atoms with van der Waals surface area (Å²) in [5.41, 5.74) is 2.21. The molecule has 0 unspecified atom stereocenters. The molecule has 0 aliphatic carbocycles. The maximum absolute atomic E-state index is 13.2. The zero-order chi connectivity index (χ0) is 23.3. The Morgan fingerprint density at radius 2 is 1.70 bits per heavy atom.